The van der Waals surface area contributed by atoms with Gasteiger partial charge < -0.3 is 15.2 Å². The molecule has 76 valence electrons. The lowest BCUT2D eigenvalue weighted by Crippen LogP contribution is -2.35. The maximum absolute atomic E-state index is 11.4. The van der Waals surface area contributed by atoms with Crippen molar-refractivity contribution in [1.29, 1.82) is 0 Å². The van der Waals surface area contributed by atoms with Gasteiger partial charge in [0.1, 0.15) is 0 Å². The van der Waals surface area contributed by atoms with Gasteiger partial charge in [-0.2, -0.15) is 4.98 Å². The zero-order valence-electron chi connectivity index (χ0n) is 7.72. The maximum atomic E-state index is 11.4. The molecule has 0 saturated carbocycles. The molecule has 0 aromatic carbocycles. The zero-order chi connectivity index (χ0) is 9.97. The van der Waals surface area contributed by atoms with Gasteiger partial charge in [0.15, 0.2) is 6.33 Å². The molecule has 6 nitrogen and oxygen atoms in total. The van der Waals surface area contributed by atoms with Gasteiger partial charge in [-0.25, -0.2) is 0 Å². The lowest BCUT2D eigenvalue weighted by molar-refractivity contribution is -0.128. The summed E-state index contributed by atoms with van der Waals surface area (Å²) in [5.74, 6) is 0.572. The molecule has 14 heavy (non-hydrogen) atoms. The summed E-state index contributed by atoms with van der Waals surface area (Å²) in [5.41, 5.74) is 5.57. The molecule has 2 rings (SSSR count). The first-order chi connectivity index (χ1) is 6.77. The second-order valence-corrected chi connectivity index (χ2v) is 3.31. The van der Waals surface area contributed by atoms with Gasteiger partial charge in [-0.1, -0.05) is 5.16 Å². The number of hydrogen-bond acceptors (Lipinski definition) is 5. The Morgan fingerprint density at radius 3 is 3.14 bits per heavy atom. The Labute approximate surface area is 81.1 Å². The van der Waals surface area contributed by atoms with E-state index in [4.69, 9.17) is 10.3 Å². The minimum atomic E-state index is -0.322. The fraction of sp³-hybridized carbons (Fsp3) is 0.625. The second-order valence-electron chi connectivity index (χ2n) is 3.31. The third-order valence-corrected chi connectivity index (χ3v) is 2.34. The van der Waals surface area contributed by atoms with E-state index in [0.717, 1.165) is 13.0 Å². The molecular formula is C8H12N4O2. The molecule has 0 radical (unpaired) electrons. The molecule has 1 aliphatic rings. The number of hydrogen-bond donors (Lipinski definition) is 1. The van der Waals surface area contributed by atoms with Crippen LogP contribution in [0.1, 0.15) is 12.3 Å². The van der Waals surface area contributed by atoms with Gasteiger partial charge in [0, 0.05) is 19.5 Å². The average Bonchev–Trinajstić information content (AvgIpc) is 2.77. The van der Waals surface area contributed by atoms with E-state index in [2.05, 4.69) is 10.1 Å². The highest BCUT2D eigenvalue weighted by Gasteiger charge is 2.28. The first-order valence-corrected chi connectivity index (χ1v) is 4.57. The Bertz CT molecular complexity index is 311. The fourth-order valence-corrected chi connectivity index (χ4v) is 1.52. The Morgan fingerprint density at radius 2 is 2.57 bits per heavy atom. The lowest BCUT2D eigenvalue weighted by Gasteiger charge is -2.13. The fourth-order valence-electron chi connectivity index (χ4n) is 1.52. The number of carbonyl (C=O) groups is 1. The molecule has 6 heteroatoms. The van der Waals surface area contributed by atoms with Crippen molar-refractivity contribution in [3.63, 3.8) is 0 Å². The summed E-state index contributed by atoms with van der Waals surface area (Å²) >= 11 is 0. The number of aromatic nitrogens is 2. The number of likely N-dealkylation sites (tertiary alicyclic amines) is 1. The van der Waals surface area contributed by atoms with Crippen molar-refractivity contribution >= 4 is 5.91 Å². The molecule has 1 fully saturated rings. The predicted octanol–water partition coefficient (Wildman–Crippen LogP) is -0.828. The summed E-state index contributed by atoms with van der Waals surface area (Å²) < 4.78 is 4.83. The second kappa shape index (κ2) is 3.75. The van der Waals surface area contributed by atoms with Gasteiger partial charge in [-0.05, 0) is 6.42 Å². The zero-order valence-corrected chi connectivity index (χ0v) is 7.72. The number of carbonyl (C=O) groups excluding carboxylic acids is 1. The predicted molar refractivity (Wildman–Crippen MR) is 47.2 cm³/mol. The molecule has 2 heterocycles. The number of rotatable bonds is 3. The molecule has 0 bridgehead atoms. The first-order valence-electron chi connectivity index (χ1n) is 4.57. The summed E-state index contributed by atoms with van der Waals surface area (Å²) in [4.78, 5) is 17.0. The first kappa shape index (κ1) is 9.14. The van der Waals surface area contributed by atoms with Crippen LogP contribution in [0.2, 0.25) is 0 Å². The van der Waals surface area contributed by atoms with Crippen LogP contribution in [-0.2, 0) is 11.2 Å². The van der Waals surface area contributed by atoms with Crippen LogP contribution in [0.25, 0.3) is 0 Å². The van der Waals surface area contributed by atoms with E-state index in [9.17, 15) is 4.79 Å². The molecule has 0 aliphatic carbocycles. The van der Waals surface area contributed by atoms with Crippen LogP contribution >= 0.6 is 0 Å². The van der Waals surface area contributed by atoms with Gasteiger partial charge in [0.25, 0.3) is 0 Å². The van der Waals surface area contributed by atoms with Crippen LogP contribution in [0.5, 0.6) is 0 Å². The quantitative estimate of drug-likeness (QED) is 0.682. The van der Waals surface area contributed by atoms with E-state index in [1.165, 1.54) is 6.33 Å². The average molecular weight is 196 g/mol. The van der Waals surface area contributed by atoms with Crippen LogP contribution in [0, 0.1) is 0 Å². The minimum absolute atomic E-state index is 0.0181. The molecule has 1 atom stereocenters. The standard InChI is InChI=1S/C8H12N4O2/c9-6-1-3-12(8(6)13)4-2-7-10-5-11-14-7/h5-6H,1-4,9H2. The molecule has 1 aliphatic heterocycles. The largest absolute Gasteiger partial charge is 0.341 e. The Kier molecular flexibility index (Phi) is 2.45. The lowest BCUT2D eigenvalue weighted by atomic mass is 10.3. The summed E-state index contributed by atoms with van der Waals surface area (Å²) in [6.45, 7) is 1.34. The highest BCUT2D eigenvalue weighted by Crippen LogP contribution is 2.09. The van der Waals surface area contributed by atoms with Gasteiger partial charge in [-0.3, -0.25) is 4.79 Å². The van der Waals surface area contributed by atoms with Crippen molar-refractivity contribution in [2.45, 2.75) is 18.9 Å². The SMILES string of the molecule is NC1CCN(CCc2ncno2)C1=O. The number of nitrogens with zero attached hydrogens (tertiary/aromatic N) is 3. The van der Waals surface area contributed by atoms with Crippen molar-refractivity contribution in [2.24, 2.45) is 5.73 Å². The van der Waals surface area contributed by atoms with Gasteiger partial charge in [-0.15, -0.1) is 0 Å². The third-order valence-electron chi connectivity index (χ3n) is 2.34. The molecule has 1 saturated heterocycles. The van der Waals surface area contributed by atoms with Crippen LogP contribution < -0.4 is 5.73 Å². The Morgan fingerprint density at radius 1 is 1.71 bits per heavy atom. The normalized spacial score (nSPS) is 21.9. The van der Waals surface area contributed by atoms with Crippen molar-refractivity contribution in [1.82, 2.24) is 15.0 Å². The number of amides is 1. The van der Waals surface area contributed by atoms with Gasteiger partial charge >= 0.3 is 0 Å². The van der Waals surface area contributed by atoms with E-state index in [0.29, 0.717) is 18.9 Å². The third kappa shape index (κ3) is 1.74. The topological polar surface area (TPSA) is 85.2 Å². The smallest absolute Gasteiger partial charge is 0.239 e. The van der Waals surface area contributed by atoms with Crippen LogP contribution in [0.3, 0.4) is 0 Å². The molecule has 1 unspecified atom stereocenters. The van der Waals surface area contributed by atoms with Crippen molar-refractivity contribution < 1.29 is 9.32 Å². The van der Waals surface area contributed by atoms with Gasteiger partial charge in [0.2, 0.25) is 11.8 Å². The van der Waals surface area contributed by atoms with Crippen molar-refractivity contribution in [3.8, 4) is 0 Å². The van der Waals surface area contributed by atoms with Crippen molar-refractivity contribution in [3.05, 3.63) is 12.2 Å². The molecule has 1 aromatic rings. The van der Waals surface area contributed by atoms with E-state index in [-0.39, 0.29) is 11.9 Å². The van der Waals surface area contributed by atoms with Gasteiger partial charge in [0.05, 0.1) is 6.04 Å². The van der Waals surface area contributed by atoms with Crippen molar-refractivity contribution in [2.75, 3.05) is 13.1 Å². The van der Waals surface area contributed by atoms with E-state index < -0.39 is 0 Å². The highest BCUT2D eigenvalue weighted by atomic mass is 16.5. The Hall–Kier alpha value is -1.43. The molecule has 1 aromatic heterocycles. The highest BCUT2D eigenvalue weighted by molar-refractivity contribution is 5.83. The Balaban J connectivity index is 1.84. The molecule has 0 spiro atoms. The molecule has 2 N–H and O–H groups in total. The van der Waals surface area contributed by atoms with E-state index in [1.54, 1.807) is 4.90 Å². The van der Waals surface area contributed by atoms with Crippen LogP contribution in [-0.4, -0.2) is 40.1 Å². The summed E-state index contributed by atoms with van der Waals surface area (Å²) in [6, 6.07) is -0.322. The maximum Gasteiger partial charge on any atom is 0.239 e. The van der Waals surface area contributed by atoms with Crippen LogP contribution in [0.15, 0.2) is 10.9 Å². The van der Waals surface area contributed by atoms with E-state index >= 15 is 0 Å². The minimum Gasteiger partial charge on any atom is -0.341 e. The summed E-state index contributed by atoms with van der Waals surface area (Å²) in [5, 5.41) is 3.49. The number of nitrogens with two attached hydrogens (primary N) is 1. The summed E-state index contributed by atoms with van der Waals surface area (Å²) in [6.07, 6.45) is 2.69. The molecule has 1 amide bonds. The molecular weight excluding hydrogens is 184 g/mol. The summed E-state index contributed by atoms with van der Waals surface area (Å²) in [7, 11) is 0. The monoisotopic (exact) mass is 196 g/mol. The van der Waals surface area contributed by atoms with E-state index in [1.807, 2.05) is 0 Å². The van der Waals surface area contributed by atoms with Crippen LogP contribution in [0.4, 0.5) is 0 Å².